The summed E-state index contributed by atoms with van der Waals surface area (Å²) < 4.78 is 2.07. The van der Waals surface area contributed by atoms with E-state index < -0.39 is 0 Å². The van der Waals surface area contributed by atoms with Crippen molar-refractivity contribution in [2.24, 2.45) is 0 Å². The number of benzene rings is 1. The first-order valence-electron chi connectivity index (χ1n) is 7.72. The summed E-state index contributed by atoms with van der Waals surface area (Å²) in [6, 6.07) is 6.05. The van der Waals surface area contributed by atoms with Crippen LogP contribution in [0.3, 0.4) is 0 Å². The second-order valence-corrected chi connectivity index (χ2v) is 5.87. The second kappa shape index (κ2) is 7.14. The highest BCUT2D eigenvalue weighted by Gasteiger charge is 2.16. The van der Waals surface area contributed by atoms with Crippen LogP contribution >= 0.6 is 11.6 Å². The number of nitrogens with zero attached hydrogens (tertiary/aromatic N) is 3. The number of nitrogens with two attached hydrogens (primary N) is 1. The third kappa shape index (κ3) is 3.50. The molecule has 0 bridgehead atoms. The molecule has 0 amide bonds. The van der Waals surface area contributed by atoms with Gasteiger partial charge in [-0.2, -0.15) is 0 Å². The van der Waals surface area contributed by atoms with Crippen LogP contribution in [0.2, 0.25) is 5.02 Å². The zero-order valence-corrected chi connectivity index (χ0v) is 13.9. The lowest BCUT2D eigenvalue weighted by atomic mass is 10.1. The van der Waals surface area contributed by atoms with Gasteiger partial charge < -0.3 is 15.2 Å². The quantitative estimate of drug-likeness (QED) is 0.842. The van der Waals surface area contributed by atoms with Crippen LogP contribution in [0.5, 0.6) is 0 Å². The fraction of sp³-hybridized carbons (Fsp3) is 0.562. The number of fused-ring (bicyclic) bond motifs is 1. The van der Waals surface area contributed by atoms with Crippen LogP contribution in [0, 0.1) is 0 Å². The van der Waals surface area contributed by atoms with Crippen LogP contribution < -0.4 is 5.73 Å². The molecule has 21 heavy (non-hydrogen) atoms. The van der Waals surface area contributed by atoms with E-state index in [1.54, 1.807) is 0 Å². The zero-order valence-electron chi connectivity index (χ0n) is 13.1. The summed E-state index contributed by atoms with van der Waals surface area (Å²) in [6.45, 7) is 9.92. The summed E-state index contributed by atoms with van der Waals surface area (Å²) in [6.07, 6.45) is 2.21. The Kier molecular flexibility index (Phi) is 5.48. The first-order valence-corrected chi connectivity index (χ1v) is 8.10. The molecule has 0 saturated carbocycles. The fourth-order valence-electron chi connectivity index (χ4n) is 2.85. The first kappa shape index (κ1) is 16.1. The summed E-state index contributed by atoms with van der Waals surface area (Å²) in [7, 11) is 0. The van der Waals surface area contributed by atoms with Crippen molar-refractivity contribution in [2.45, 2.75) is 39.7 Å². The number of hydrogen-bond donors (Lipinski definition) is 1. The Balaban J connectivity index is 2.12. The predicted octanol–water partition coefficient (Wildman–Crippen LogP) is 3.95. The molecule has 1 aromatic carbocycles. The number of halogens is 1. The number of hydrogen-bond acceptors (Lipinski definition) is 3. The maximum Gasteiger partial charge on any atom is 0.201 e. The summed E-state index contributed by atoms with van der Waals surface area (Å²) in [5, 5.41) is 0.715. The lowest BCUT2D eigenvalue weighted by Gasteiger charge is -2.20. The number of rotatable bonds is 7. The van der Waals surface area contributed by atoms with Gasteiger partial charge in [-0.1, -0.05) is 31.5 Å². The average molecular weight is 309 g/mol. The summed E-state index contributed by atoms with van der Waals surface area (Å²) in [4.78, 5) is 6.86. The van der Waals surface area contributed by atoms with Crippen molar-refractivity contribution in [3.8, 4) is 0 Å². The standard InChI is InChI=1S/C16H25ClN4/c1-4-20(5-2)11-7-8-12(3)21-15-13(17)9-6-10-14(15)19-16(21)18/h6,9-10,12H,4-5,7-8,11H2,1-3H3,(H2,18,19). The molecule has 1 unspecified atom stereocenters. The Morgan fingerprint density at radius 3 is 2.71 bits per heavy atom. The van der Waals surface area contributed by atoms with E-state index in [1.807, 2.05) is 18.2 Å². The minimum Gasteiger partial charge on any atom is -0.369 e. The number of anilines is 1. The van der Waals surface area contributed by atoms with E-state index >= 15 is 0 Å². The molecule has 4 nitrogen and oxygen atoms in total. The molecule has 1 atom stereocenters. The molecule has 1 heterocycles. The molecule has 2 aromatic rings. The Hall–Kier alpha value is -1.26. The average Bonchev–Trinajstić information content (AvgIpc) is 2.81. The maximum atomic E-state index is 6.32. The molecule has 0 radical (unpaired) electrons. The SMILES string of the molecule is CCN(CC)CCCC(C)n1c(N)nc2cccc(Cl)c21. The Bertz CT molecular complexity index is 589. The van der Waals surface area contributed by atoms with Crippen molar-refractivity contribution < 1.29 is 0 Å². The van der Waals surface area contributed by atoms with Gasteiger partial charge in [0.2, 0.25) is 5.95 Å². The van der Waals surface area contributed by atoms with Gasteiger partial charge in [0.1, 0.15) is 0 Å². The third-order valence-corrected chi connectivity index (χ3v) is 4.42. The Labute approximate surface area is 131 Å². The van der Waals surface area contributed by atoms with Gasteiger partial charge in [-0.15, -0.1) is 0 Å². The fourth-order valence-corrected chi connectivity index (χ4v) is 3.11. The molecule has 0 aliphatic carbocycles. The van der Waals surface area contributed by atoms with E-state index in [4.69, 9.17) is 17.3 Å². The molecule has 1 aromatic heterocycles. The number of imidazole rings is 1. The van der Waals surface area contributed by atoms with Crippen molar-refractivity contribution in [3.05, 3.63) is 23.2 Å². The van der Waals surface area contributed by atoms with Gasteiger partial charge in [0.25, 0.3) is 0 Å². The van der Waals surface area contributed by atoms with Gasteiger partial charge in [0.15, 0.2) is 0 Å². The zero-order chi connectivity index (χ0) is 15.4. The largest absolute Gasteiger partial charge is 0.369 e. The van der Waals surface area contributed by atoms with E-state index in [9.17, 15) is 0 Å². The molecule has 116 valence electrons. The number of para-hydroxylation sites is 1. The topological polar surface area (TPSA) is 47.1 Å². The molecule has 2 N–H and O–H groups in total. The highest BCUT2D eigenvalue weighted by Crippen LogP contribution is 2.30. The number of nitrogen functional groups attached to an aromatic ring is 1. The van der Waals surface area contributed by atoms with Crippen LogP contribution in [0.4, 0.5) is 5.95 Å². The molecule has 0 aliphatic heterocycles. The van der Waals surface area contributed by atoms with E-state index in [2.05, 4.69) is 35.2 Å². The smallest absolute Gasteiger partial charge is 0.201 e. The predicted molar refractivity (Wildman–Crippen MR) is 90.9 cm³/mol. The Morgan fingerprint density at radius 2 is 2.05 bits per heavy atom. The summed E-state index contributed by atoms with van der Waals surface area (Å²) in [5.41, 5.74) is 7.91. The molecular formula is C16H25ClN4. The minimum absolute atomic E-state index is 0.297. The Morgan fingerprint density at radius 1 is 1.33 bits per heavy atom. The first-order chi connectivity index (χ1) is 10.1. The lowest BCUT2D eigenvalue weighted by Crippen LogP contribution is -2.24. The van der Waals surface area contributed by atoms with Gasteiger partial charge in [0.05, 0.1) is 16.1 Å². The molecule has 5 heteroatoms. The van der Waals surface area contributed by atoms with E-state index in [0.717, 1.165) is 43.5 Å². The maximum absolute atomic E-state index is 6.32. The highest BCUT2D eigenvalue weighted by molar-refractivity contribution is 6.35. The minimum atomic E-state index is 0.297. The van der Waals surface area contributed by atoms with Crippen molar-refractivity contribution >= 4 is 28.6 Å². The van der Waals surface area contributed by atoms with Gasteiger partial charge >= 0.3 is 0 Å². The lowest BCUT2D eigenvalue weighted by molar-refractivity contribution is 0.289. The van der Waals surface area contributed by atoms with Crippen molar-refractivity contribution in [2.75, 3.05) is 25.4 Å². The molecular weight excluding hydrogens is 284 g/mol. The van der Waals surface area contributed by atoms with Crippen molar-refractivity contribution in [1.82, 2.24) is 14.5 Å². The van der Waals surface area contributed by atoms with E-state index in [-0.39, 0.29) is 0 Å². The van der Waals surface area contributed by atoms with Gasteiger partial charge in [0, 0.05) is 6.04 Å². The van der Waals surface area contributed by atoms with Crippen LogP contribution in [-0.4, -0.2) is 34.1 Å². The van der Waals surface area contributed by atoms with Gasteiger partial charge in [-0.05, 0) is 51.5 Å². The van der Waals surface area contributed by atoms with Crippen LogP contribution in [-0.2, 0) is 0 Å². The number of aromatic nitrogens is 2. The van der Waals surface area contributed by atoms with Gasteiger partial charge in [-0.25, -0.2) is 4.98 Å². The highest BCUT2D eigenvalue weighted by atomic mass is 35.5. The van der Waals surface area contributed by atoms with Crippen LogP contribution in [0.25, 0.3) is 11.0 Å². The molecule has 0 saturated heterocycles. The van der Waals surface area contributed by atoms with Crippen LogP contribution in [0.15, 0.2) is 18.2 Å². The van der Waals surface area contributed by atoms with Gasteiger partial charge in [-0.3, -0.25) is 0 Å². The monoisotopic (exact) mass is 308 g/mol. The molecule has 0 spiro atoms. The molecule has 0 fully saturated rings. The van der Waals surface area contributed by atoms with Crippen LogP contribution in [0.1, 0.15) is 39.7 Å². The third-order valence-electron chi connectivity index (χ3n) is 4.12. The van der Waals surface area contributed by atoms with E-state index in [0.29, 0.717) is 17.0 Å². The second-order valence-electron chi connectivity index (χ2n) is 5.47. The molecule has 2 rings (SSSR count). The summed E-state index contributed by atoms with van der Waals surface area (Å²) in [5.74, 6) is 0.549. The molecule has 0 aliphatic rings. The van der Waals surface area contributed by atoms with E-state index in [1.165, 1.54) is 0 Å². The summed E-state index contributed by atoms with van der Waals surface area (Å²) >= 11 is 6.32. The van der Waals surface area contributed by atoms with Crippen molar-refractivity contribution in [1.29, 1.82) is 0 Å². The normalized spacial score (nSPS) is 13.2. The van der Waals surface area contributed by atoms with Crippen molar-refractivity contribution in [3.63, 3.8) is 0 Å².